The van der Waals surface area contributed by atoms with E-state index in [0.29, 0.717) is 12.2 Å². The minimum absolute atomic E-state index is 0.0459. The van der Waals surface area contributed by atoms with Gasteiger partial charge < -0.3 is 10.4 Å². The number of rotatable bonds is 7. The Hall–Kier alpha value is -3.85. The number of amides is 3. The van der Waals surface area contributed by atoms with E-state index in [-0.39, 0.29) is 29.2 Å². The summed E-state index contributed by atoms with van der Waals surface area (Å²) in [4.78, 5) is 43.5. The zero-order valence-corrected chi connectivity index (χ0v) is 17.7. The van der Waals surface area contributed by atoms with Crippen LogP contribution in [0.2, 0.25) is 0 Å². The Bertz CT molecular complexity index is 1160. The molecule has 0 saturated carbocycles. The Morgan fingerprint density at radius 3 is 2.41 bits per heavy atom. The zero-order chi connectivity index (χ0) is 22.8. The lowest BCUT2D eigenvalue weighted by Crippen LogP contribution is -2.41. The van der Waals surface area contributed by atoms with E-state index in [0.717, 1.165) is 10.5 Å². The van der Waals surface area contributed by atoms with Crippen LogP contribution in [0.3, 0.4) is 0 Å². The summed E-state index contributed by atoms with van der Waals surface area (Å²) in [6.07, 6.45) is 3.06. The van der Waals surface area contributed by atoms with E-state index in [1.54, 1.807) is 23.1 Å². The quantitative estimate of drug-likeness (QED) is 0.550. The highest BCUT2D eigenvalue weighted by molar-refractivity contribution is 6.34. The summed E-state index contributed by atoms with van der Waals surface area (Å²) in [5.41, 5.74) is 2.08. The molecule has 9 nitrogen and oxygen atoms in total. The third-order valence-electron chi connectivity index (χ3n) is 5.47. The predicted octanol–water partition coefficient (Wildman–Crippen LogP) is 1.87. The maximum absolute atomic E-state index is 13.0. The molecule has 32 heavy (non-hydrogen) atoms. The topological polar surface area (TPSA) is 117 Å². The molecule has 0 fully saturated rings. The van der Waals surface area contributed by atoms with Crippen molar-refractivity contribution in [3.63, 3.8) is 0 Å². The first-order valence-corrected chi connectivity index (χ1v) is 10.2. The zero-order valence-electron chi connectivity index (χ0n) is 17.7. The van der Waals surface area contributed by atoms with E-state index >= 15 is 0 Å². The Labute approximate surface area is 184 Å². The van der Waals surface area contributed by atoms with Crippen LogP contribution in [0, 0.1) is 5.92 Å². The molecule has 1 unspecified atom stereocenters. The fraction of sp³-hybridized carbons (Fsp3) is 0.261. The summed E-state index contributed by atoms with van der Waals surface area (Å²) in [5.74, 6) is -1.27. The molecule has 1 aliphatic heterocycles. The van der Waals surface area contributed by atoms with Gasteiger partial charge in [0.1, 0.15) is 12.7 Å². The Kier molecular flexibility index (Phi) is 5.83. The molecule has 1 aromatic heterocycles. The van der Waals surface area contributed by atoms with Gasteiger partial charge in [-0.15, -0.1) is 0 Å². The van der Waals surface area contributed by atoms with Gasteiger partial charge in [-0.1, -0.05) is 26.0 Å². The van der Waals surface area contributed by atoms with Gasteiger partial charge in [-0.2, -0.15) is 5.10 Å². The highest BCUT2D eigenvalue weighted by Gasteiger charge is 2.37. The minimum atomic E-state index is -0.480. The molecule has 0 radical (unpaired) electrons. The molecule has 0 aliphatic carbocycles. The average Bonchev–Trinajstić information content (AvgIpc) is 3.38. The monoisotopic (exact) mass is 433 g/mol. The van der Waals surface area contributed by atoms with Crippen molar-refractivity contribution >= 4 is 23.4 Å². The van der Waals surface area contributed by atoms with E-state index in [2.05, 4.69) is 15.4 Å². The second-order valence-electron chi connectivity index (χ2n) is 7.97. The maximum atomic E-state index is 13.0. The lowest BCUT2D eigenvalue weighted by atomic mass is 10.0. The molecule has 0 spiro atoms. The van der Waals surface area contributed by atoms with Crippen LogP contribution in [0.1, 0.15) is 50.5 Å². The minimum Gasteiger partial charge on any atom is -0.394 e. The molecule has 3 amide bonds. The highest BCUT2D eigenvalue weighted by atomic mass is 16.3. The van der Waals surface area contributed by atoms with Crippen LogP contribution < -0.4 is 10.2 Å². The molecular weight excluding hydrogens is 410 g/mol. The van der Waals surface area contributed by atoms with Gasteiger partial charge in [0.05, 0.1) is 36.0 Å². The van der Waals surface area contributed by atoms with Gasteiger partial charge in [-0.05, 0) is 41.8 Å². The number of fused-ring (bicyclic) bond motifs is 1. The van der Waals surface area contributed by atoms with Gasteiger partial charge in [0.25, 0.3) is 17.7 Å². The Morgan fingerprint density at radius 2 is 1.78 bits per heavy atom. The molecule has 3 aromatic rings. The molecule has 2 aromatic carbocycles. The maximum Gasteiger partial charge on any atom is 0.266 e. The fourth-order valence-corrected chi connectivity index (χ4v) is 3.54. The summed E-state index contributed by atoms with van der Waals surface area (Å²) < 4.78 is 1.67. The molecule has 2 heterocycles. The molecule has 2 N–H and O–H groups in total. The summed E-state index contributed by atoms with van der Waals surface area (Å²) in [5, 5.41) is 16.3. The number of benzene rings is 2. The van der Waals surface area contributed by atoms with Crippen LogP contribution in [-0.2, 0) is 6.54 Å². The van der Waals surface area contributed by atoms with Crippen LogP contribution in [0.25, 0.3) is 0 Å². The smallest absolute Gasteiger partial charge is 0.266 e. The van der Waals surface area contributed by atoms with E-state index < -0.39 is 23.8 Å². The van der Waals surface area contributed by atoms with Crippen molar-refractivity contribution < 1.29 is 19.5 Å². The number of anilines is 1. The van der Waals surface area contributed by atoms with Gasteiger partial charge >= 0.3 is 0 Å². The summed E-state index contributed by atoms with van der Waals surface area (Å²) in [7, 11) is 0. The van der Waals surface area contributed by atoms with Gasteiger partial charge in [0, 0.05) is 5.56 Å². The van der Waals surface area contributed by atoms with E-state index in [4.69, 9.17) is 0 Å². The lowest BCUT2D eigenvalue weighted by Gasteiger charge is -2.19. The molecule has 4 rings (SSSR count). The number of carbonyl (C=O) groups excluding carboxylic acids is 3. The molecule has 0 bridgehead atoms. The van der Waals surface area contributed by atoms with Crippen molar-refractivity contribution in [1.82, 2.24) is 20.1 Å². The first-order chi connectivity index (χ1) is 15.4. The van der Waals surface area contributed by atoms with E-state index in [1.165, 1.54) is 24.5 Å². The number of imide groups is 1. The third kappa shape index (κ3) is 4.02. The normalized spacial score (nSPS) is 14.1. The SMILES string of the molecule is CC(C)C(CO)NC(=O)c1ccc2c(c1)C(=O)N(c1ccc(Cn3cncn3)cc1)C2=O. The summed E-state index contributed by atoms with van der Waals surface area (Å²) in [6.45, 7) is 4.11. The number of carbonyl (C=O) groups is 3. The second-order valence-corrected chi connectivity index (χ2v) is 7.97. The van der Waals surface area contributed by atoms with Crippen molar-refractivity contribution in [2.75, 3.05) is 11.5 Å². The van der Waals surface area contributed by atoms with Crippen LogP contribution in [-0.4, -0.2) is 50.2 Å². The number of nitrogens with zero attached hydrogens (tertiary/aromatic N) is 4. The molecule has 164 valence electrons. The standard InChI is InChI=1S/C23H23N5O4/c1-14(2)20(11-29)26-21(30)16-5-8-18-19(9-16)23(32)28(22(18)31)17-6-3-15(4-7-17)10-27-13-24-12-25-27/h3-9,12-14,20,29H,10-11H2,1-2H3,(H,26,30). The van der Waals surface area contributed by atoms with Gasteiger partial charge in [-0.3, -0.25) is 14.4 Å². The van der Waals surface area contributed by atoms with Crippen molar-refractivity contribution in [2.45, 2.75) is 26.4 Å². The number of hydrogen-bond acceptors (Lipinski definition) is 6. The Morgan fingerprint density at radius 1 is 1.06 bits per heavy atom. The second kappa shape index (κ2) is 8.72. The predicted molar refractivity (Wildman–Crippen MR) is 116 cm³/mol. The van der Waals surface area contributed by atoms with Crippen molar-refractivity contribution in [2.24, 2.45) is 5.92 Å². The third-order valence-corrected chi connectivity index (χ3v) is 5.47. The largest absolute Gasteiger partial charge is 0.394 e. The number of aliphatic hydroxyl groups is 1. The lowest BCUT2D eigenvalue weighted by molar-refractivity contribution is 0.0895. The van der Waals surface area contributed by atoms with E-state index in [1.807, 2.05) is 26.0 Å². The first kappa shape index (κ1) is 21.4. The van der Waals surface area contributed by atoms with E-state index in [9.17, 15) is 19.5 Å². The van der Waals surface area contributed by atoms with Crippen LogP contribution in [0.4, 0.5) is 5.69 Å². The van der Waals surface area contributed by atoms with Crippen molar-refractivity contribution in [3.05, 3.63) is 77.4 Å². The van der Waals surface area contributed by atoms with Crippen molar-refractivity contribution in [1.29, 1.82) is 0 Å². The number of hydrogen-bond donors (Lipinski definition) is 2. The first-order valence-electron chi connectivity index (χ1n) is 10.2. The van der Waals surface area contributed by atoms with Gasteiger partial charge in [0.15, 0.2) is 0 Å². The number of aliphatic hydroxyl groups excluding tert-OH is 1. The van der Waals surface area contributed by atoms with Crippen molar-refractivity contribution in [3.8, 4) is 0 Å². The highest BCUT2D eigenvalue weighted by Crippen LogP contribution is 2.29. The fourth-order valence-electron chi connectivity index (χ4n) is 3.54. The van der Waals surface area contributed by atoms with Gasteiger partial charge in [-0.25, -0.2) is 14.6 Å². The van der Waals surface area contributed by atoms with Crippen LogP contribution >= 0.6 is 0 Å². The Balaban J connectivity index is 1.54. The summed E-state index contributed by atoms with van der Waals surface area (Å²) >= 11 is 0. The number of aromatic nitrogens is 3. The molecule has 9 heteroatoms. The molecule has 1 atom stereocenters. The number of nitrogens with one attached hydrogen (secondary N) is 1. The molecule has 0 saturated heterocycles. The van der Waals surface area contributed by atoms with Crippen LogP contribution in [0.5, 0.6) is 0 Å². The average molecular weight is 433 g/mol. The molecule has 1 aliphatic rings. The summed E-state index contributed by atoms with van der Waals surface area (Å²) in [6, 6.07) is 11.1. The van der Waals surface area contributed by atoms with Crippen LogP contribution in [0.15, 0.2) is 55.1 Å². The molecular formula is C23H23N5O4. The van der Waals surface area contributed by atoms with Gasteiger partial charge in [0.2, 0.25) is 0 Å².